The van der Waals surface area contributed by atoms with Crippen molar-refractivity contribution in [1.82, 2.24) is 14.7 Å². The van der Waals surface area contributed by atoms with Gasteiger partial charge in [0.25, 0.3) is 5.91 Å². The first-order chi connectivity index (χ1) is 15.6. The quantitative estimate of drug-likeness (QED) is 0.469. The fourth-order valence-electron chi connectivity index (χ4n) is 3.78. The minimum atomic E-state index is -0.566. The molecule has 4 aromatic rings. The van der Waals surface area contributed by atoms with Crippen LogP contribution >= 0.6 is 11.3 Å². The summed E-state index contributed by atoms with van der Waals surface area (Å²) in [4.78, 5) is 14.4. The summed E-state index contributed by atoms with van der Waals surface area (Å²) < 4.78 is 21.0. The van der Waals surface area contributed by atoms with Gasteiger partial charge in [0.15, 0.2) is 6.23 Å². The van der Waals surface area contributed by atoms with Crippen molar-refractivity contribution in [3.05, 3.63) is 88.5 Å². The molecule has 32 heavy (non-hydrogen) atoms. The molecule has 1 atom stereocenters. The van der Waals surface area contributed by atoms with Gasteiger partial charge in [-0.3, -0.25) is 4.79 Å². The summed E-state index contributed by atoms with van der Waals surface area (Å²) in [7, 11) is 0. The van der Waals surface area contributed by atoms with Gasteiger partial charge in [-0.2, -0.15) is 16.4 Å². The third-order valence-corrected chi connectivity index (χ3v) is 6.12. The Hall–Kier alpha value is -3.49. The lowest BCUT2D eigenvalue weighted by atomic mass is 10.1. The van der Waals surface area contributed by atoms with Gasteiger partial charge in [-0.1, -0.05) is 12.1 Å². The number of halogens is 1. The Morgan fingerprint density at radius 1 is 1.12 bits per heavy atom. The molecule has 2 aromatic carbocycles. The number of carbonyl (C=O) groups excluding carboxylic acids is 1. The molecular weight excluding hydrogens is 429 g/mol. The van der Waals surface area contributed by atoms with E-state index < -0.39 is 6.23 Å². The molecule has 1 N–H and O–H groups in total. The number of aromatic nitrogens is 2. The standard InChI is InChI=1S/C24H20FN3O3S/c25-18-3-5-19(6-4-18)28-13-21(23(26-28)17-10-12-32-15-17)24-27(22(30)14-31-24)11-9-16-1-7-20(29)8-2-16/h1-8,10,12-13,15,24,29H,9,11,14H2. The number of carbonyl (C=O) groups is 1. The van der Waals surface area contributed by atoms with Crippen LogP contribution in [0, 0.1) is 5.82 Å². The molecule has 0 spiro atoms. The molecule has 0 bridgehead atoms. The molecule has 8 heteroatoms. The summed E-state index contributed by atoms with van der Waals surface area (Å²) in [5, 5.41) is 18.2. The zero-order chi connectivity index (χ0) is 22.1. The molecule has 3 heterocycles. The monoisotopic (exact) mass is 449 g/mol. The molecule has 162 valence electrons. The number of hydrogen-bond donors (Lipinski definition) is 1. The smallest absolute Gasteiger partial charge is 0.250 e. The summed E-state index contributed by atoms with van der Waals surface area (Å²) in [5.41, 5.74) is 4.18. The predicted octanol–water partition coefficient (Wildman–Crippen LogP) is 4.55. The molecule has 1 amide bonds. The highest BCUT2D eigenvalue weighted by Gasteiger charge is 2.36. The Labute approximate surface area is 188 Å². The molecule has 0 aliphatic carbocycles. The summed E-state index contributed by atoms with van der Waals surface area (Å²) in [6, 6.07) is 15.0. The lowest BCUT2D eigenvalue weighted by molar-refractivity contribution is -0.128. The summed E-state index contributed by atoms with van der Waals surface area (Å²) in [5.74, 6) is -0.190. The van der Waals surface area contributed by atoms with Crippen molar-refractivity contribution in [3.63, 3.8) is 0 Å². The van der Waals surface area contributed by atoms with Crippen LogP contribution in [0.4, 0.5) is 4.39 Å². The van der Waals surface area contributed by atoms with E-state index in [0.717, 1.165) is 22.4 Å². The van der Waals surface area contributed by atoms with E-state index in [1.165, 1.54) is 12.1 Å². The number of hydrogen-bond acceptors (Lipinski definition) is 5. The van der Waals surface area contributed by atoms with Crippen molar-refractivity contribution < 1.29 is 19.0 Å². The minimum absolute atomic E-state index is 0.00501. The van der Waals surface area contributed by atoms with Crippen LogP contribution in [-0.4, -0.2) is 38.8 Å². The van der Waals surface area contributed by atoms with Crippen LogP contribution in [0.1, 0.15) is 17.4 Å². The van der Waals surface area contributed by atoms with Crippen molar-refractivity contribution in [1.29, 1.82) is 0 Å². The van der Waals surface area contributed by atoms with Crippen LogP contribution < -0.4 is 0 Å². The van der Waals surface area contributed by atoms with Gasteiger partial charge in [0.05, 0.1) is 5.69 Å². The molecule has 2 aromatic heterocycles. The molecule has 0 radical (unpaired) electrons. The highest BCUT2D eigenvalue weighted by Crippen LogP contribution is 2.36. The van der Waals surface area contributed by atoms with Gasteiger partial charge in [-0.25, -0.2) is 9.07 Å². The third-order valence-electron chi connectivity index (χ3n) is 5.44. The summed E-state index contributed by atoms with van der Waals surface area (Å²) in [6.07, 6.45) is 1.91. The maximum atomic E-state index is 13.4. The van der Waals surface area contributed by atoms with Gasteiger partial charge in [-0.05, 0) is 59.8 Å². The Bertz CT molecular complexity index is 1220. The first-order valence-electron chi connectivity index (χ1n) is 10.2. The first-order valence-corrected chi connectivity index (χ1v) is 11.1. The average molecular weight is 450 g/mol. The van der Waals surface area contributed by atoms with Gasteiger partial charge < -0.3 is 14.7 Å². The molecule has 5 rings (SSSR count). The number of phenols is 1. The van der Waals surface area contributed by atoms with E-state index in [-0.39, 0.29) is 24.1 Å². The molecule has 1 aliphatic rings. The normalized spacial score (nSPS) is 16.1. The highest BCUT2D eigenvalue weighted by molar-refractivity contribution is 7.08. The van der Waals surface area contributed by atoms with E-state index in [0.29, 0.717) is 18.7 Å². The fourth-order valence-corrected chi connectivity index (χ4v) is 4.42. The lowest BCUT2D eigenvalue weighted by Gasteiger charge is -2.23. The van der Waals surface area contributed by atoms with Gasteiger partial charge >= 0.3 is 0 Å². The summed E-state index contributed by atoms with van der Waals surface area (Å²) >= 11 is 1.56. The predicted molar refractivity (Wildman–Crippen MR) is 119 cm³/mol. The van der Waals surface area contributed by atoms with Crippen LogP contribution in [0.15, 0.2) is 71.6 Å². The van der Waals surface area contributed by atoms with Gasteiger partial charge in [0, 0.05) is 29.2 Å². The van der Waals surface area contributed by atoms with E-state index in [1.54, 1.807) is 45.2 Å². The second-order valence-electron chi connectivity index (χ2n) is 7.53. The van der Waals surface area contributed by atoms with E-state index >= 15 is 0 Å². The SMILES string of the molecule is O=C1COC(c2cn(-c3ccc(F)cc3)nc2-c2ccsc2)N1CCc1ccc(O)cc1. The lowest BCUT2D eigenvalue weighted by Crippen LogP contribution is -2.30. The second-order valence-corrected chi connectivity index (χ2v) is 8.31. The van der Waals surface area contributed by atoms with E-state index in [4.69, 9.17) is 9.84 Å². The molecule has 6 nitrogen and oxygen atoms in total. The van der Waals surface area contributed by atoms with Crippen LogP contribution in [0.5, 0.6) is 5.75 Å². The first kappa shape index (κ1) is 20.4. The number of thiophene rings is 1. The molecule has 1 unspecified atom stereocenters. The largest absolute Gasteiger partial charge is 0.508 e. The summed E-state index contributed by atoms with van der Waals surface area (Å²) in [6.45, 7) is 0.476. The third kappa shape index (κ3) is 4.02. The topological polar surface area (TPSA) is 67.6 Å². The van der Waals surface area contributed by atoms with Gasteiger partial charge in [-0.15, -0.1) is 0 Å². The Morgan fingerprint density at radius 3 is 2.62 bits per heavy atom. The molecular formula is C24H20FN3O3S. The van der Waals surface area contributed by atoms with Crippen LogP contribution in [0.3, 0.4) is 0 Å². The number of amides is 1. The highest BCUT2D eigenvalue weighted by atomic mass is 32.1. The Kier molecular flexibility index (Phi) is 5.46. The zero-order valence-corrected chi connectivity index (χ0v) is 17.8. The molecule has 1 saturated heterocycles. The van der Waals surface area contributed by atoms with Crippen molar-refractivity contribution in [2.75, 3.05) is 13.2 Å². The number of phenolic OH excluding ortho intramolecular Hbond substituents is 1. The van der Waals surface area contributed by atoms with E-state index in [2.05, 4.69) is 0 Å². The van der Waals surface area contributed by atoms with Crippen molar-refractivity contribution in [2.24, 2.45) is 0 Å². The fraction of sp³-hybridized carbons (Fsp3) is 0.167. The molecule has 1 aliphatic heterocycles. The average Bonchev–Trinajstić information content (AvgIpc) is 3.53. The number of rotatable bonds is 6. The van der Waals surface area contributed by atoms with E-state index in [1.807, 2.05) is 35.2 Å². The Balaban J connectivity index is 1.48. The molecule has 0 saturated carbocycles. The minimum Gasteiger partial charge on any atom is -0.508 e. The number of aromatic hydroxyl groups is 1. The number of benzene rings is 2. The van der Waals surface area contributed by atoms with Crippen molar-refractivity contribution >= 4 is 17.2 Å². The van der Waals surface area contributed by atoms with Crippen molar-refractivity contribution in [2.45, 2.75) is 12.6 Å². The van der Waals surface area contributed by atoms with Crippen LogP contribution in [0.25, 0.3) is 16.9 Å². The Morgan fingerprint density at radius 2 is 1.91 bits per heavy atom. The van der Waals surface area contributed by atoms with Gasteiger partial charge in [0.2, 0.25) is 0 Å². The number of ether oxygens (including phenoxy) is 1. The van der Waals surface area contributed by atoms with Crippen molar-refractivity contribution in [3.8, 4) is 22.7 Å². The maximum absolute atomic E-state index is 13.4. The second kappa shape index (κ2) is 8.57. The number of nitrogens with zero attached hydrogens (tertiary/aromatic N) is 3. The van der Waals surface area contributed by atoms with Crippen LogP contribution in [-0.2, 0) is 16.0 Å². The van der Waals surface area contributed by atoms with Crippen LogP contribution in [0.2, 0.25) is 0 Å². The van der Waals surface area contributed by atoms with Gasteiger partial charge in [0.1, 0.15) is 23.9 Å². The maximum Gasteiger partial charge on any atom is 0.250 e. The van der Waals surface area contributed by atoms with E-state index in [9.17, 15) is 14.3 Å². The zero-order valence-electron chi connectivity index (χ0n) is 17.0. The molecule has 1 fully saturated rings.